The summed E-state index contributed by atoms with van der Waals surface area (Å²) in [5.41, 5.74) is 0. The second-order valence-corrected chi connectivity index (χ2v) is 18.8. The lowest BCUT2D eigenvalue weighted by atomic mass is 10.1. The Balaban J connectivity index is 4.36. The Morgan fingerprint density at radius 1 is 0.308 bits per heavy atom. The van der Waals surface area contributed by atoms with Crippen LogP contribution in [0.2, 0.25) is 0 Å². The number of rotatable bonds is 51. The molecule has 1 atom stereocenters. The van der Waals surface area contributed by atoms with E-state index >= 15 is 0 Å². The molecule has 65 heavy (non-hydrogen) atoms. The van der Waals surface area contributed by atoms with E-state index in [-0.39, 0.29) is 31.1 Å². The number of esters is 3. The monoisotopic (exact) mass is 911 g/mol. The van der Waals surface area contributed by atoms with Crippen LogP contribution in [0.5, 0.6) is 0 Å². The third-order valence-corrected chi connectivity index (χ3v) is 12.3. The van der Waals surface area contributed by atoms with Gasteiger partial charge in [-0.2, -0.15) is 0 Å². The van der Waals surface area contributed by atoms with E-state index in [1.54, 1.807) is 0 Å². The lowest BCUT2D eigenvalue weighted by Gasteiger charge is -2.18. The van der Waals surface area contributed by atoms with E-state index in [1.807, 2.05) is 0 Å². The predicted molar refractivity (Wildman–Crippen MR) is 279 cm³/mol. The first kappa shape index (κ1) is 62.4. The molecule has 0 aromatic carbocycles. The van der Waals surface area contributed by atoms with Crippen molar-refractivity contribution in [2.24, 2.45) is 0 Å². The van der Waals surface area contributed by atoms with Crippen molar-refractivity contribution >= 4 is 17.9 Å². The molecule has 378 valence electrons. The molecule has 0 aliphatic rings. The molecule has 0 amide bonds. The van der Waals surface area contributed by atoms with Gasteiger partial charge >= 0.3 is 17.9 Å². The molecule has 6 nitrogen and oxygen atoms in total. The minimum atomic E-state index is -0.781. The van der Waals surface area contributed by atoms with Crippen molar-refractivity contribution in [3.05, 3.63) is 48.6 Å². The largest absolute Gasteiger partial charge is 0.462 e. The zero-order chi connectivity index (χ0) is 47.2. The van der Waals surface area contributed by atoms with E-state index in [9.17, 15) is 14.4 Å². The maximum atomic E-state index is 12.8. The van der Waals surface area contributed by atoms with E-state index in [0.29, 0.717) is 19.3 Å². The van der Waals surface area contributed by atoms with Crippen LogP contribution in [0, 0.1) is 0 Å². The van der Waals surface area contributed by atoms with Crippen molar-refractivity contribution in [1.29, 1.82) is 0 Å². The number of ether oxygens (including phenoxy) is 3. The highest BCUT2D eigenvalue weighted by atomic mass is 16.6. The SMILES string of the molecule is CCCCC/C=C\C/C=C\CCCCCCCCCCCC(=O)OC[C@@H](COC(=O)CCCCCCC/C=C\CCCCCC)OC(=O)CCCCCCC/C=C\CCCCCCCC. The van der Waals surface area contributed by atoms with Gasteiger partial charge in [0.25, 0.3) is 0 Å². The molecule has 0 saturated carbocycles. The Hall–Kier alpha value is -2.63. The fourth-order valence-corrected chi connectivity index (χ4v) is 7.99. The molecular formula is C59H106O6. The standard InChI is InChI=1S/C59H106O6/c1-4-7-10-13-16-19-22-25-27-28-29-30-32-34-37-40-43-46-49-52-58(61)64-55-56(54-63-57(60)51-48-45-42-39-36-33-24-21-18-15-12-9-6-3)65-59(62)53-50-47-44-41-38-35-31-26-23-20-17-14-11-8-5-2/h16,19,21,24-27,31,56H,4-15,17-18,20,22-23,28-30,32-55H2,1-3H3/b19-16-,24-21-,27-25-,31-26-/t56-/m1/s1. The Labute approximate surface area is 403 Å². The number of unbranched alkanes of at least 4 members (excludes halogenated alkanes) is 32. The van der Waals surface area contributed by atoms with E-state index in [1.165, 1.54) is 167 Å². The maximum absolute atomic E-state index is 12.8. The number of carbonyl (C=O) groups excluding carboxylic acids is 3. The number of allylic oxidation sites excluding steroid dienone is 8. The second kappa shape index (κ2) is 54.0. The molecule has 0 bridgehead atoms. The minimum absolute atomic E-state index is 0.0800. The summed E-state index contributed by atoms with van der Waals surface area (Å²) >= 11 is 0. The first-order valence-corrected chi connectivity index (χ1v) is 28.1. The van der Waals surface area contributed by atoms with E-state index in [0.717, 1.165) is 83.5 Å². The predicted octanol–water partition coefficient (Wildman–Crippen LogP) is 18.7. The third kappa shape index (κ3) is 52.2. The molecule has 0 aliphatic carbocycles. The van der Waals surface area contributed by atoms with Gasteiger partial charge in [-0.1, -0.05) is 217 Å². The van der Waals surface area contributed by atoms with Crippen molar-refractivity contribution in [3.8, 4) is 0 Å². The molecule has 0 aromatic heterocycles. The van der Waals surface area contributed by atoms with Crippen molar-refractivity contribution < 1.29 is 28.6 Å². The number of hydrogen-bond donors (Lipinski definition) is 0. The van der Waals surface area contributed by atoms with E-state index < -0.39 is 6.10 Å². The summed E-state index contributed by atoms with van der Waals surface area (Å²) < 4.78 is 16.8. The Morgan fingerprint density at radius 2 is 0.554 bits per heavy atom. The Morgan fingerprint density at radius 3 is 0.908 bits per heavy atom. The van der Waals surface area contributed by atoms with Gasteiger partial charge in [0, 0.05) is 19.3 Å². The smallest absolute Gasteiger partial charge is 0.306 e. The highest BCUT2D eigenvalue weighted by molar-refractivity contribution is 5.71. The van der Waals surface area contributed by atoms with Crippen LogP contribution in [-0.4, -0.2) is 37.2 Å². The lowest BCUT2D eigenvalue weighted by Crippen LogP contribution is -2.30. The zero-order valence-electron chi connectivity index (χ0n) is 43.3. The average Bonchev–Trinajstić information content (AvgIpc) is 3.30. The summed E-state index contributed by atoms with van der Waals surface area (Å²) in [4.78, 5) is 38.1. The topological polar surface area (TPSA) is 78.9 Å². The highest BCUT2D eigenvalue weighted by Crippen LogP contribution is 2.15. The minimum Gasteiger partial charge on any atom is -0.462 e. The van der Waals surface area contributed by atoms with Gasteiger partial charge < -0.3 is 14.2 Å². The highest BCUT2D eigenvalue weighted by Gasteiger charge is 2.19. The zero-order valence-corrected chi connectivity index (χ0v) is 43.3. The summed E-state index contributed by atoms with van der Waals surface area (Å²) in [6, 6.07) is 0. The maximum Gasteiger partial charge on any atom is 0.306 e. The van der Waals surface area contributed by atoms with Gasteiger partial charge in [-0.25, -0.2) is 0 Å². The first-order valence-electron chi connectivity index (χ1n) is 28.1. The summed E-state index contributed by atoms with van der Waals surface area (Å²) in [5.74, 6) is -0.891. The van der Waals surface area contributed by atoms with E-state index in [4.69, 9.17) is 14.2 Å². The van der Waals surface area contributed by atoms with Gasteiger partial charge in [-0.05, 0) is 103 Å². The fourth-order valence-electron chi connectivity index (χ4n) is 7.99. The number of carbonyl (C=O) groups is 3. The molecule has 0 radical (unpaired) electrons. The Bertz CT molecular complexity index is 1140. The quantitative estimate of drug-likeness (QED) is 0.0262. The summed E-state index contributed by atoms with van der Waals surface area (Å²) in [6.07, 6.45) is 65.2. The molecule has 0 N–H and O–H groups in total. The van der Waals surface area contributed by atoms with Gasteiger partial charge in [0.1, 0.15) is 13.2 Å². The molecule has 0 unspecified atom stereocenters. The first-order chi connectivity index (χ1) is 32.0. The second-order valence-electron chi connectivity index (χ2n) is 18.8. The summed E-state index contributed by atoms with van der Waals surface area (Å²) in [6.45, 7) is 6.60. The van der Waals surface area contributed by atoms with Crippen molar-refractivity contribution in [2.75, 3.05) is 13.2 Å². The number of hydrogen-bond acceptors (Lipinski definition) is 6. The van der Waals surface area contributed by atoms with E-state index in [2.05, 4.69) is 69.4 Å². The van der Waals surface area contributed by atoms with Gasteiger partial charge in [0.15, 0.2) is 6.10 Å². The van der Waals surface area contributed by atoms with Gasteiger partial charge in [-0.15, -0.1) is 0 Å². The third-order valence-electron chi connectivity index (χ3n) is 12.3. The molecular weight excluding hydrogens is 805 g/mol. The normalized spacial score (nSPS) is 12.4. The molecule has 6 heteroatoms. The van der Waals surface area contributed by atoms with Crippen molar-refractivity contribution in [2.45, 2.75) is 297 Å². The van der Waals surface area contributed by atoms with Crippen molar-refractivity contribution in [1.82, 2.24) is 0 Å². The van der Waals surface area contributed by atoms with Gasteiger partial charge in [-0.3, -0.25) is 14.4 Å². The van der Waals surface area contributed by atoms with Crippen LogP contribution in [0.4, 0.5) is 0 Å². The Kier molecular flexibility index (Phi) is 51.8. The molecule has 0 heterocycles. The molecule has 0 fully saturated rings. The van der Waals surface area contributed by atoms with Crippen molar-refractivity contribution in [3.63, 3.8) is 0 Å². The molecule has 0 aromatic rings. The average molecular weight is 911 g/mol. The molecule has 0 saturated heterocycles. The molecule has 0 spiro atoms. The summed E-state index contributed by atoms with van der Waals surface area (Å²) in [7, 11) is 0. The van der Waals surface area contributed by atoms with Crippen LogP contribution in [0.3, 0.4) is 0 Å². The van der Waals surface area contributed by atoms with Crippen LogP contribution in [0.15, 0.2) is 48.6 Å². The molecule has 0 rings (SSSR count). The van der Waals surface area contributed by atoms with Crippen LogP contribution in [-0.2, 0) is 28.6 Å². The van der Waals surface area contributed by atoms with Crippen LogP contribution in [0.25, 0.3) is 0 Å². The van der Waals surface area contributed by atoms with Crippen LogP contribution >= 0.6 is 0 Å². The van der Waals surface area contributed by atoms with Crippen LogP contribution in [0.1, 0.15) is 290 Å². The molecule has 0 aliphatic heterocycles. The van der Waals surface area contributed by atoms with Gasteiger partial charge in [0.2, 0.25) is 0 Å². The lowest BCUT2D eigenvalue weighted by molar-refractivity contribution is -0.167. The summed E-state index contributed by atoms with van der Waals surface area (Å²) in [5, 5.41) is 0. The van der Waals surface area contributed by atoms with Gasteiger partial charge in [0.05, 0.1) is 0 Å². The fraction of sp³-hybridized carbons (Fsp3) is 0.814. The van der Waals surface area contributed by atoms with Crippen LogP contribution < -0.4 is 0 Å².